The van der Waals surface area contributed by atoms with Crippen LogP contribution in [-0.4, -0.2) is 9.55 Å². The molecule has 0 spiro atoms. The van der Waals surface area contributed by atoms with Crippen LogP contribution in [0.4, 0.5) is 0 Å². The third-order valence-electron chi connectivity index (χ3n) is 2.88. The van der Waals surface area contributed by atoms with Crippen molar-refractivity contribution in [2.24, 2.45) is 0 Å². The lowest BCUT2D eigenvalue weighted by Gasteiger charge is -2.05. The minimum Gasteiger partial charge on any atom is -0.330 e. The van der Waals surface area contributed by atoms with E-state index in [-0.39, 0.29) is 0 Å². The average molecular weight is 330 g/mol. The predicted molar refractivity (Wildman–Crippen MR) is 80.9 cm³/mol. The summed E-state index contributed by atoms with van der Waals surface area (Å²) in [6.07, 6.45) is 0. The van der Waals surface area contributed by atoms with E-state index >= 15 is 0 Å². The zero-order valence-electron chi connectivity index (χ0n) is 9.72. The maximum atomic E-state index is 8.99. The number of nitrogens with zero attached hydrogens (tertiary/aromatic N) is 2. The van der Waals surface area contributed by atoms with Crippen molar-refractivity contribution in [3.63, 3.8) is 0 Å². The number of imidazole rings is 1. The highest BCUT2D eigenvalue weighted by Gasteiger charge is 2.07. The molecule has 3 aromatic rings. The van der Waals surface area contributed by atoms with E-state index in [9.17, 15) is 0 Å². The summed E-state index contributed by atoms with van der Waals surface area (Å²) in [5.74, 6) is 0. The Hall–Kier alpha value is -1.90. The van der Waals surface area contributed by atoms with Gasteiger partial charge in [-0.3, -0.25) is 4.57 Å². The first-order valence-corrected chi connectivity index (χ1v) is 6.80. The second-order valence-electron chi connectivity index (χ2n) is 4.09. The van der Waals surface area contributed by atoms with E-state index < -0.39 is 0 Å². The van der Waals surface area contributed by atoms with Crippen molar-refractivity contribution >= 4 is 39.2 Å². The first kappa shape index (κ1) is 12.2. The highest BCUT2D eigenvalue weighted by molar-refractivity contribution is 9.10. The molecule has 0 aliphatic heterocycles. The molecule has 5 heteroatoms. The normalized spacial score (nSPS) is 10.5. The monoisotopic (exact) mass is 329 g/mol. The summed E-state index contributed by atoms with van der Waals surface area (Å²) in [4.78, 5) is 3.16. The fourth-order valence-electron chi connectivity index (χ4n) is 2.05. The molecule has 0 aliphatic rings. The molecule has 3 rings (SSSR count). The van der Waals surface area contributed by atoms with Gasteiger partial charge in [0.05, 0.1) is 22.7 Å². The Labute approximate surface area is 123 Å². The van der Waals surface area contributed by atoms with Crippen LogP contribution < -0.4 is 0 Å². The molecule has 0 aliphatic carbocycles. The summed E-state index contributed by atoms with van der Waals surface area (Å²) in [6, 6.07) is 15.5. The number of hydrogen-bond acceptors (Lipinski definition) is 2. The Morgan fingerprint density at radius 1 is 1.21 bits per heavy atom. The molecule has 1 N–H and O–H groups in total. The maximum absolute atomic E-state index is 8.99. The van der Waals surface area contributed by atoms with Gasteiger partial charge in [0.2, 0.25) is 0 Å². The number of nitrogens with one attached hydrogen (secondary N) is 1. The van der Waals surface area contributed by atoms with Crippen LogP contribution in [0.15, 0.2) is 46.9 Å². The average Bonchev–Trinajstić information content (AvgIpc) is 2.74. The molecule has 0 atom stereocenters. The van der Waals surface area contributed by atoms with Gasteiger partial charge in [-0.2, -0.15) is 5.26 Å². The van der Waals surface area contributed by atoms with Crippen LogP contribution in [-0.2, 0) is 0 Å². The van der Waals surface area contributed by atoms with Gasteiger partial charge in [0, 0.05) is 10.2 Å². The van der Waals surface area contributed by atoms with Crippen molar-refractivity contribution in [2.75, 3.05) is 0 Å². The van der Waals surface area contributed by atoms with E-state index in [2.05, 4.69) is 27.0 Å². The lowest BCUT2D eigenvalue weighted by molar-refractivity contribution is 1.06. The number of rotatable bonds is 1. The second-order valence-corrected chi connectivity index (χ2v) is 5.39. The summed E-state index contributed by atoms with van der Waals surface area (Å²) in [6.45, 7) is 0. The van der Waals surface area contributed by atoms with Crippen LogP contribution in [0.25, 0.3) is 16.7 Å². The molecule has 1 aromatic heterocycles. The number of aromatic nitrogens is 2. The fraction of sp³-hybridized carbons (Fsp3) is 0. The quantitative estimate of drug-likeness (QED) is 0.675. The molecule has 2 aromatic carbocycles. The molecule has 0 unspecified atom stereocenters. The number of benzene rings is 2. The van der Waals surface area contributed by atoms with E-state index in [1.165, 1.54) is 0 Å². The summed E-state index contributed by atoms with van der Waals surface area (Å²) in [7, 11) is 0. The Bertz CT molecular complexity index is 870. The number of halogens is 1. The van der Waals surface area contributed by atoms with Gasteiger partial charge in [0.25, 0.3) is 0 Å². The third-order valence-corrected chi connectivity index (χ3v) is 3.66. The van der Waals surface area contributed by atoms with Crippen molar-refractivity contribution in [2.45, 2.75) is 0 Å². The first-order chi connectivity index (χ1) is 9.19. The van der Waals surface area contributed by atoms with Crippen LogP contribution in [0.1, 0.15) is 5.56 Å². The van der Waals surface area contributed by atoms with Gasteiger partial charge in [-0.25, -0.2) is 0 Å². The molecule has 3 nitrogen and oxygen atoms in total. The third kappa shape index (κ3) is 2.09. The Kier molecular flexibility index (Phi) is 2.97. The second kappa shape index (κ2) is 4.65. The minimum absolute atomic E-state index is 0.614. The minimum atomic E-state index is 0.614. The molecule has 19 heavy (non-hydrogen) atoms. The van der Waals surface area contributed by atoms with Crippen LogP contribution in [0.5, 0.6) is 0 Å². The van der Waals surface area contributed by atoms with Crippen molar-refractivity contribution < 1.29 is 0 Å². The molecule has 0 amide bonds. The number of aromatic amines is 1. The highest BCUT2D eigenvalue weighted by Crippen LogP contribution is 2.23. The zero-order chi connectivity index (χ0) is 13.4. The highest BCUT2D eigenvalue weighted by atomic mass is 79.9. The molecule has 92 valence electrons. The van der Waals surface area contributed by atoms with Crippen molar-refractivity contribution in [1.29, 1.82) is 5.26 Å². The maximum Gasteiger partial charge on any atom is 0.182 e. The fourth-order valence-corrected chi connectivity index (χ4v) is 2.71. The first-order valence-electron chi connectivity index (χ1n) is 5.60. The number of H-pyrrole nitrogens is 1. The smallest absolute Gasteiger partial charge is 0.182 e. The standard InChI is InChI=1S/C14H8BrN3S/c15-10-4-5-12-13(7-10)18(14(19)17-12)11-3-1-2-9(6-11)8-16/h1-7H,(H,17,19). The van der Waals surface area contributed by atoms with Crippen molar-refractivity contribution in [3.05, 3.63) is 57.3 Å². The molecular weight excluding hydrogens is 322 g/mol. The van der Waals surface area contributed by atoms with Crippen LogP contribution in [0, 0.1) is 16.1 Å². The molecule has 0 bridgehead atoms. The van der Waals surface area contributed by atoms with Gasteiger partial charge in [0.15, 0.2) is 4.77 Å². The van der Waals surface area contributed by atoms with Gasteiger partial charge < -0.3 is 4.98 Å². The van der Waals surface area contributed by atoms with E-state index in [0.717, 1.165) is 21.2 Å². The lowest BCUT2D eigenvalue weighted by Crippen LogP contribution is -1.94. The van der Waals surface area contributed by atoms with Gasteiger partial charge >= 0.3 is 0 Å². The number of hydrogen-bond donors (Lipinski definition) is 1. The van der Waals surface area contributed by atoms with E-state index in [1.54, 1.807) is 6.07 Å². The van der Waals surface area contributed by atoms with Crippen LogP contribution in [0.2, 0.25) is 0 Å². The predicted octanol–water partition coefficient (Wildman–Crippen LogP) is 4.32. The van der Waals surface area contributed by atoms with E-state index in [4.69, 9.17) is 17.5 Å². The van der Waals surface area contributed by atoms with Crippen molar-refractivity contribution in [3.8, 4) is 11.8 Å². The summed E-state index contributed by atoms with van der Waals surface area (Å²) >= 11 is 8.83. The van der Waals surface area contributed by atoms with Gasteiger partial charge in [0.1, 0.15) is 0 Å². The molecule has 0 radical (unpaired) electrons. The van der Waals surface area contributed by atoms with Gasteiger partial charge in [-0.05, 0) is 48.6 Å². The molecule has 0 saturated heterocycles. The Balaban J connectivity index is 2.36. The molecular formula is C14H8BrN3S. The number of nitriles is 1. The van der Waals surface area contributed by atoms with Gasteiger partial charge in [-0.15, -0.1) is 0 Å². The Morgan fingerprint density at radius 3 is 2.84 bits per heavy atom. The summed E-state index contributed by atoms with van der Waals surface area (Å²) < 4.78 is 3.53. The Morgan fingerprint density at radius 2 is 2.05 bits per heavy atom. The largest absolute Gasteiger partial charge is 0.330 e. The zero-order valence-corrected chi connectivity index (χ0v) is 12.1. The van der Waals surface area contributed by atoms with Crippen molar-refractivity contribution in [1.82, 2.24) is 9.55 Å². The topological polar surface area (TPSA) is 44.5 Å². The number of fused-ring (bicyclic) bond motifs is 1. The van der Waals surface area contributed by atoms with Crippen LogP contribution >= 0.6 is 28.1 Å². The van der Waals surface area contributed by atoms with E-state index in [0.29, 0.717) is 10.3 Å². The summed E-state index contributed by atoms with van der Waals surface area (Å²) in [5, 5.41) is 8.99. The SMILES string of the molecule is N#Cc1cccc(-n2c(=S)[nH]c3ccc(Br)cc32)c1. The lowest BCUT2D eigenvalue weighted by atomic mass is 10.2. The molecule has 0 saturated carbocycles. The molecule has 0 fully saturated rings. The summed E-state index contributed by atoms with van der Waals surface area (Å²) in [5.41, 5.74) is 3.45. The van der Waals surface area contributed by atoms with Gasteiger partial charge in [-0.1, -0.05) is 22.0 Å². The molecule has 1 heterocycles. The van der Waals surface area contributed by atoms with Crippen LogP contribution in [0.3, 0.4) is 0 Å². The van der Waals surface area contributed by atoms with E-state index in [1.807, 2.05) is 41.0 Å².